The summed E-state index contributed by atoms with van der Waals surface area (Å²) in [5.74, 6) is 0.935. The van der Waals surface area contributed by atoms with Crippen LogP contribution in [0.4, 0.5) is 0 Å². The molecule has 0 N–H and O–H groups in total. The Morgan fingerprint density at radius 3 is 2.31 bits per heavy atom. The highest BCUT2D eigenvalue weighted by molar-refractivity contribution is 4.78. The van der Waals surface area contributed by atoms with Crippen LogP contribution in [0.3, 0.4) is 0 Å². The summed E-state index contributed by atoms with van der Waals surface area (Å²) in [5.41, 5.74) is 0.372. The average molecular weight is 183 g/mol. The van der Waals surface area contributed by atoms with Gasteiger partial charge >= 0.3 is 0 Å². The van der Waals surface area contributed by atoms with Gasteiger partial charge in [-0.05, 0) is 52.6 Å². The molecule has 13 heavy (non-hydrogen) atoms. The molecule has 0 spiro atoms. The van der Waals surface area contributed by atoms with Gasteiger partial charge in [0, 0.05) is 5.54 Å². The third-order valence-corrected chi connectivity index (χ3v) is 3.22. The summed E-state index contributed by atoms with van der Waals surface area (Å²) < 4.78 is 0. The first kappa shape index (κ1) is 11.0. The quantitative estimate of drug-likeness (QED) is 0.557. The largest absolute Gasteiger partial charge is 0.298 e. The standard InChI is InChI=1S/C12H25N/c1-11-7-5-6-9-13(10-8-11)12(2,3)4/h11H,5-10H2,1-4H3. The molecule has 1 unspecified atom stereocenters. The summed E-state index contributed by atoms with van der Waals surface area (Å²) in [7, 11) is 0. The van der Waals surface area contributed by atoms with Crippen LogP contribution in [-0.4, -0.2) is 23.5 Å². The normalized spacial score (nSPS) is 28.2. The SMILES string of the molecule is CC1CCCCN(C(C)(C)C)CC1. The van der Waals surface area contributed by atoms with Gasteiger partial charge in [-0.2, -0.15) is 0 Å². The van der Waals surface area contributed by atoms with Gasteiger partial charge in [0.1, 0.15) is 0 Å². The molecule has 0 bridgehead atoms. The van der Waals surface area contributed by atoms with E-state index < -0.39 is 0 Å². The molecule has 1 nitrogen and oxygen atoms in total. The van der Waals surface area contributed by atoms with E-state index in [-0.39, 0.29) is 0 Å². The molecule has 1 aliphatic rings. The maximum Gasteiger partial charge on any atom is 0.0125 e. The zero-order valence-corrected chi connectivity index (χ0v) is 9.77. The van der Waals surface area contributed by atoms with Gasteiger partial charge in [0.25, 0.3) is 0 Å². The lowest BCUT2D eigenvalue weighted by atomic mass is 9.95. The molecule has 0 aromatic carbocycles. The minimum absolute atomic E-state index is 0.372. The Hall–Kier alpha value is -0.0400. The topological polar surface area (TPSA) is 3.24 Å². The van der Waals surface area contributed by atoms with Crippen LogP contribution < -0.4 is 0 Å². The summed E-state index contributed by atoms with van der Waals surface area (Å²) in [5, 5.41) is 0. The minimum atomic E-state index is 0.372. The fourth-order valence-corrected chi connectivity index (χ4v) is 2.10. The van der Waals surface area contributed by atoms with Gasteiger partial charge in [-0.3, -0.25) is 4.90 Å². The van der Waals surface area contributed by atoms with Crippen LogP contribution in [0.5, 0.6) is 0 Å². The molecule has 0 aliphatic carbocycles. The van der Waals surface area contributed by atoms with E-state index in [1.807, 2.05) is 0 Å². The highest BCUT2D eigenvalue weighted by atomic mass is 15.2. The van der Waals surface area contributed by atoms with Crippen molar-refractivity contribution in [3.63, 3.8) is 0 Å². The van der Waals surface area contributed by atoms with Crippen molar-refractivity contribution < 1.29 is 0 Å². The van der Waals surface area contributed by atoms with Crippen LogP contribution >= 0.6 is 0 Å². The van der Waals surface area contributed by atoms with Gasteiger partial charge in [0.05, 0.1) is 0 Å². The van der Waals surface area contributed by atoms with Crippen LogP contribution in [-0.2, 0) is 0 Å². The molecule has 1 rings (SSSR count). The van der Waals surface area contributed by atoms with E-state index >= 15 is 0 Å². The molecule has 1 fully saturated rings. The first-order valence-electron chi connectivity index (χ1n) is 5.75. The molecule has 1 heterocycles. The van der Waals surface area contributed by atoms with Crippen molar-refractivity contribution in [3.05, 3.63) is 0 Å². The Morgan fingerprint density at radius 1 is 1.00 bits per heavy atom. The van der Waals surface area contributed by atoms with Crippen molar-refractivity contribution in [2.75, 3.05) is 13.1 Å². The fraction of sp³-hybridized carbons (Fsp3) is 1.00. The van der Waals surface area contributed by atoms with E-state index in [1.165, 1.54) is 38.8 Å². The average Bonchev–Trinajstić information content (AvgIpc) is 1.94. The van der Waals surface area contributed by atoms with Crippen molar-refractivity contribution in [2.45, 2.75) is 58.9 Å². The molecular weight excluding hydrogens is 158 g/mol. The molecule has 1 saturated heterocycles. The van der Waals surface area contributed by atoms with E-state index in [2.05, 4.69) is 32.6 Å². The minimum Gasteiger partial charge on any atom is -0.298 e. The molecule has 1 atom stereocenters. The maximum absolute atomic E-state index is 2.64. The molecule has 0 aromatic heterocycles. The number of rotatable bonds is 0. The number of hydrogen-bond donors (Lipinski definition) is 0. The van der Waals surface area contributed by atoms with Crippen LogP contribution in [0, 0.1) is 5.92 Å². The molecule has 0 radical (unpaired) electrons. The van der Waals surface area contributed by atoms with E-state index in [4.69, 9.17) is 0 Å². The van der Waals surface area contributed by atoms with Crippen LogP contribution in [0.25, 0.3) is 0 Å². The van der Waals surface area contributed by atoms with Gasteiger partial charge in [0.2, 0.25) is 0 Å². The highest BCUT2D eigenvalue weighted by Crippen LogP contribution is 2.21. The second-order valence-corrected chi connectivity index (χ2v) is 5.55. The van der Waals surface area contributed by atoms with Gasteiger partial charge in [-0.25, -0.2) is 0 Å². The van der Waals surface area contributed by atoms with E-state index in [9.17, 15) is 0 Å². The molecule has 1 aliphatic heterocycles. The maximum atomic E-state index is 2.64. The van der Waals surface area contributed by atoms with Crippen molar-refractivity contribution in [2.24, 2.45) is 5.92 Å². The zero-order chi connectivity index (χ0) is 9.90. The Kier molecular flexibility index (Phi) is 3.78. The van der Waals surface area contributed by atoms with Crippen LogP contribution in [0.2, 0.25) is 0 Å². The number of nitrogens with zero attached hydrogens (tertiary/aromatic N) is 1. The van der Waals surface area contributed by atoms with Crippen molar-refractivity contribution >= 4 is 0 Å². The molecule has 78 valence electrons. The van der Waals surface area contributed by atoms with Gasteiger partial charge in [0.15, 0.2) is 0 Å². The lowest BCUT2D eigenvalue weighted by Crippen LogP contribution is -2.43. The first-order valence-corrected chi connectivity index (χ1v) is 5.75. The Balaban J connectivity index is 2.46. The van der Waals surface area contributed by atoms with Crippen molar-refractivity contribution in [1.29, 1.82) is 0 Å². The van der Waals surface area contributed by atoms with Crippen LogP contribution in [0.1, 0.15) is 53.4 Å². The molecular formula is C12H25N. The predicted molar refractivity (Wildman–Crippen MR) is 59.0 cm³/mol. The summed E-state index contributed by atoms with van der Waals surface area (Å²) in [6.45, 7) is 12.0. The van der Waals surface area contributed by atoms with Crippen molar-refractivity contribution in [1.82, 2.24) is 4.90 Å². The summed E-state index contributed by atoms with van der Waals surface area (Å²) in [4.78, 5) is 2.64. The molecule has 1 heteroatoms. The predicted octanol–water partition coefficient (Wildman–Crippen LogP) is 3.30. The Labute approximate surface area is 83.5 Å². The first-order chi connectivity index (χ1) is 6.00. The fourth-order valence-electron chi connectivity index (χ4n) is 2.10. The zero-order valence-electron chi connectivity index (χ0n) is 9.77. The molecule has 0 amide bonds. The lowest BCUT2D eigenvalue weighted by Gasteiger charge is -2.37. The Morgan fingerprint density at radius 2 is 1.69 bits per heavy atom. The second-order valence-electron chi connectivity index (χ2n) is 5.55. The number of hydrogen-bond acceptors (Lipinski definition) is 1. The summed E-state index contributed by atoms with van der Waals surface area (Å²) >= 11 is 0. The monoisotopic (exact) mass is 183 g/mol. The van der Waals surface area contributed by atoms with E-state index in [0.717, 1.165) is 5.92 Å². The highest BCUT2D eigenvalue weighted by Gasteiger charge is 2.22. The second kappa shape index (κ2) is 4.45. The molecule has 0 aromatic rings. The van der Waals surface area contributed by atoms with Gasteiger partial charge in [-0.15, -0.1) is 0 Å². The number of likely N-dealkylation sites (tertiary alicyclic amines) is 1. The Bertz CT molecular complexity index is 146. The third kappa shape index (κ3) is 3.68. The van der Waals surface area contributed by atoms with Crippen molar-refractivity contribution in [3.8, 4) is 0 Å². The summed E-state index contributed by atoms with van der Waals surface area (Å²) in [6.07, 6.45) is 5.64. The van der Waals surface area contributed by atoms with Crippen LogP contribution in [0.15, 0.2) is 0 Å². The van der Waals surface area contributed by atoms with E-state index in [1.54, 1.807) is 0 Å². The third-order valence-electron chi connectivity index (χ3n) is 3.22. The lowest BCUT2D eigenvalue weighted by molar-refractivity contribution is 0.115. The van der Waals surface area contributed by atoms with E-state index in [0.29, 0.717) is 5.54 Å². The van der Waals surface area contributed by atoms with Gasteiger partial charge in [-0.1, -0.05) is 19.8 Å². The van der Waals surface area contributed by atoms with Gasteiger partial charge < -0.3 is 0 Å². The molecule has 0 saturated carbocycles. The smallest absolute Gasteiger partial charge is 0.0125 e. The summed E-state index contributed by atoms with van der Waals surface area (Å²) in [6, 6.07) is 0.